The van der Waals surface area contributed by atoms with Crippen LogP contribution in [0.15, 0.2) is 48.5 Å². The van der Waals surface area contributed by atoms with Crippen LogP contribution in [-0.2, 0) is 17.8 Å². The number of benzene rings is 2. The van der Waals surface area contributed by atoms with Crippen molar-refractivity contribution in [3.05, 3.63) is 70.3 Å². The molecule has 2 aromatic carbocycles. The zero-order valence-corrected chi connectivity index (χ0v) is 13.7. The molecule has 0 aliphatic carbocycles. The van der Waals surface area contributed by atoms with Crippen molar-refractivity contribution in [3.8, 4) is 5.75 Å². The van der Waals surface area contributed by atoms with Gasteiger partial charge in [0.1, 0.15) is 5.75 Å². The highest BCUT2D eigenvalue weighted by Gasteiger charge is 2.19. The van der Waals surface area contributed by atoms with Gasteiger partial charge in [-0.3, -0.25) is 4.79 Å². The number of ether oxygens (including phenoxy) is 1. The van der Waals surface area contributed by atoms with Gasteiger partial charge >= 0.3 is 0 Å². The van der Waals surface area contributed by atoms with E-state index in [4.69, 9.17) is 16.3 Å². The lowest BCUT2D eigenvalue weighted by molar-refractivity contribution is -0.126. The number of carbonyl (C=O) groups excluding carboxylic acids is 1. The largest absolute Gasteiger partial charge is 0.497 e. The average Bonchev–Trinajstić information content (AvgIpc) is 2.60. The van der Waals surface area contributed by atoms with Crippen LogP contribution >= 0.6 is 11.6 Å². The molecule has 0 N–H and O–H groups in total. The molecule has 0 saturated carbocycles. The fourth-order valence-corrected chi connectivity index (χ4v) is 2.82. The summed E-state index contributed by atoms with van der Waals surface area (Å²) in [4.78, 5) is 14.2. The SMILES string of the molecule is COc1ccc2c(c1)CN(C(=O)C=Cc1ccc(Cl)cc1)CC2. The standard InChI is InChI=1S/C19H18ClNO2/c1-23-18-8-5-15-10-11-21(13-16(15)12-18)19(22)9-4-14-2-6-17(20)7-3-14/h2-9,12H,10-11,13H2,1H3. The predicted molar refractivity (Wildman–Crippen MR) is 92.6 cm³/mol. The number of methoxy groups -OCH3 is 1. The number of nitrogens with zero attached hydrogens (tertiary/aromatic N) is 1. The van der Waals surface area contributed by atoms with Crippen LogP contribution in [-0.4, -0.2) is 24.5 Å². The molecule has 0 atom stereocenters. The first-order valence-electron chi connectivity index (χ1n) is 7.54. The summed E-state index contributed by atoms with van der Waals surface area (Å²) in [6.07, 6.45) is 4.31. The van der Waals surface area contributed by atoms with Crippen LogP contribution in [0.4, 0.5) is 0 Å². The molecule has 0 unspecified atom stereocenters. The minimum Gasteiger partial charge on any atom is -0.497 e. The number of halogens is 1. The van der Waals surface area contributed by atoms with Crippen molar-refractivity contribution < 1.29 is 9.53 Å². The van der Waals surface area contributed by atoms with Gasteiger partial charge < -0.3 is 9.64 Å². The van der Waals surface area contributed by atoms with Gasteiger partial charge in [0.2, 0.25) is 5.91 Å². The summed E-state index contributed by atoms with van der Waals surface area (Å²) in [6.45, 7) is 1.36. The second-order valence-electron chi connectivity index (χ2n) is 5.53. The highest BCUT2D eigenvalue weighted by Crippen LogP contribution is 2.24. The molecular weight excluding hydrogens is 310 g/mol. The predicted octanol–water partition coefficient (Wildman–Crippen LogP) is 3.95. The molecule has 0 spiro atoms. The monoisotopic (exact) mass is 327 g/mol. The lowest BCUT2D eigenvalue weighted by Crippen LogP contribution is -2.34. The quantitative estimate of drug-likeness (QED) is 0.799. The van der Waals surface area contributed by atoms with Gasteiger partial charge in [-0.05, 0) is 53.5 Å². The Kier molecular flexibility index (Phi) is 4.68. The number of hydrogen-bond donors (Lipinski definition) is 0. The van der Waals surface area contributed by atoms with Crippen LogP contribution in [0, 0.1) is 0 Å². The first-order valence-corrected chi connectivity index (χ1v) is 7.92. The van der Waals surface area contributed by atoms with Crippen LogP contribution in [0.3, 0.4) is 0 Å². The molecular formula is C19H18ClNO2. The van der Waals surface area contributed by atoms with Crippen LogP contribution in [0.25, 0.3) is 6.08 Å². The summed E-state index contributed by atoms with van der Waals surface area (Å²) in [5.41, 5.74) is 3.40. The summed E-state index contributed by atoms with van der Waals surface area (Å²) in [7, 11) is 1.66. The van der Waals surface area contributed by atoms with E-state index >= 15 is 0 Å². The van der Waals surface area contributed by atoms with Crippen LogP contribution in [0.2, 0.25) is 5.02 Å². The van der Waals surface area contributed by atoms with E-state index in [2.05, 4.69) is 6.07 Å². The third kappa shape index (κ3) is 3.74. The van der Waals surface area contributed by atoms with Crippen molar-refractivity contribution in [1.29, 1.82) is 0 Å². The molecule has 1 aliphatic rings. The van der Waals surface area contributed by atoms with E-state index in [1.807, 2.05) is 47.4 Å². The first kappa shape index (κ1) is 15.6. The fourth-order valence-electron chi connectivity index (χ4n) is 2.70. The van der Waals surface area contributed by atoms with Crippen molar-refractivity contribution in [2.45, 2.75) is 13.0 Å². The Morgan fingerprint density at radius 1 is 1.17 bits per heavy atom. The van der Waals surface area contributed by atoms with Crippen LogP contribution in [0.1, 0.15) is 16.7 Å². The van der Waals surface area contributed by atoms with E-state index in [1.165, 1.54) is 5.56 Å². The van der Waals surface area contributed by atoms with E-state index < -0.39 is 0 Å². The normalized spacial score (nSPS) is 13.9. The molecule has 1 aliphatic heterocycles. The zero-order valence-electron chi connectivity index (χ0n) is 13.0. The summed E-state index contributed by atoms with van der Waals surface area (Å²) in [6, 6.07) is 13.5. The molecule has 23 heavy (non-hydrogen) atoms. The molecule has 3 rings (SSSR count). The summed E-state index contributed by atoms with van der Waals surface area (Å²) < 4.78 is 5.26. The number of rotatable bonds is 3. The summed E-state index contributed by atoms with van der Waals surface area (Å²) in [5, 5.41) is 0.690. The van der Waals surface area contributed by atoms with Gasteiger partial charge in [-0.15, -0.1) is 0 Å². The molecule has 0 saturated heterocycles. The Morgan fingerprint density at radius 3 is 2.70 bits per heavy atom. The molecule has 1 amide bonds. The van der Waals surface area contributed by atoms with E-state index in [0.717, 1.165) is 29.8 Å². The minimum absolute atomic E-state index is 0.0217. The average molecular weight is 328 g/mol. The first-order chi connectivity index (χ1) is 11.2. The zero-order chi connectivity index (χ0) is 16.2. The van der Waals surface area contributed by atoms with Crippen molar-refractivity contribution in [3.63, 3.8) is 0 Å². The van der Waals surface area contributed by atoms with Crippen molar-refractivity contribution in [1.82, 2.24) is 4.90 Å². The molecule has 3 nitrogen and oxygen atoms in total. The Bertz CT molecular complexity index is 738. The van der Waals surface area contributed by atoms with Crippen LogP contribution < -0.4 is 4.74 Å². The van der Waals surface area contributed by atoms with E-state index in [-0.39, 0.29) is 5.91 Å². The molecule has 0 radical (unpaired) electrons. The number of hydrogen-bond acceptors (Lipinski definition) is 2. The maximum atomic E-state index is 12.4. The van der Waals surface area contributed by atoms with Gasteiger partial charge in [0.15, 0.2) is 0 Å². The molecule has 0 aromatic heterocycles. The smallest absolute Gasteiger partial charge is 0.246 e. The third-order valence-electron chi connectivity index (χ3n) is 4.03. The maximum Gasteiger partial charge on any atom is 0.246 e. The molecule has 2 aromatic rings. The van der Waals surface area contributed by atoms with Gasteiger partial charge in [0.05, 0.1) is 7.11 Å². The fraction of sp³-hybridized carbons (Fsp3) is 0.211. The van der Waals surface area contributed by atoms with Gasteiger partial charge in [0, 0.05) is 24.2 Å². The second-order valence-corrected chi connectivity index (χ2v) is 5.97. The molecule has 0 bridgehead atoms. The third-order valence-corrected chi connectivity index (χ3v) is 4.28. The van der Waals surface area contributed by atoms with Crippen molar-refractivity contribution in [2.75, 3.05) is 13.7 Å². The van der Waals surface area contributed by atoms with Gasteiger partial charge in [-0.2, -0.15) is 0 Å². The second kappa shape index (κ2) is 6.88. The molecule has 0 fully saturated rings. The van der Waals surface area contributed by atoms with Gasteiger partial charge in [0.25, 0.3) is 0 Å². The van der Waals surface area contributed by atoms with E-state index in [1.54, 1.807) is 13.2 Å². The van der Waals surface area contributed by atoms with Crippen LogP contribution in [0.5, 0.6) is 5.75 Å². The number of carbonyl (C=O) groups is 1. The van der Waals surface area contributed by atoms with E-state index in [9.17, 15) is 4.79 Å². The van der Waals surface area contributed by atoms with Gasteiger partial charge in [-0.1, -0.05) is 29.8 Å². The molecule has 1 heterocycles. The Morgan fingerprint density at radius 2 is 1.96 bits per heavy atom. The highest BCUT2D eigenvalue weighted by molar-refractivity contribution is 6.30. The van der Waals surface area contributed by atoms with Gasteiger partial charge in [-0.25, -0.2) is 0 Å². The number of fused-ring (bicyclic) bond motifs is 1. The summed E-state index contributed by atoms with van der Waals surface area (Å²) >= 11 is 5.86. The lowest BCUT2D eigenvalue weighted by Gasteiger charge is -2.28. The minimum atomic E-state index is 0.0217. The lowest BCUT2D eigenvalue weighted by atomic mass is 9.99. The van der Waals surface area contributed by atoms with Crippen molar-refractivity contribution >= 4 is 23.6 Å². The van der Waals surface area contributed by atoms with E-state index in [0.29, 0.717) is 11.6 Å². The topological polar surface area (TPSA) is 29.5 Å². The Labute approximate surface area is 141 Å². The maximum absolute atomic E-state index is 12.4. The number of amides is 1. The van der Waals surface area contributed by atoms with Crippen molar-refractivity contribution in [2.24, 2.45) is 0 Å². The highest BCUT2D eigenvalue weighted by atomic mass is 35.5. The summed E-state index contributed by atoms with van der Waals surface area (Å²) in [5.74, 6) is 0.850. The Hall–Kier alpha value is -2.26. The molecule has 4 heteroatoms. The Balaban J connectivity index is 1.70. The molecule has 118 valence electrons.